The Morgan fingerprint density at radius 3 is 2.35 bits per heavy atom. The normalized spacial score (nSPS) is 25.0. The van der Waals surface area contributed by atoms with E-state index in [2.05, 4.69) is 19.2 Å². The molecule has 144 valence electrons. The van der Waals surface area contributed by atoms with Crippen molar-refractivity contribution in [3.8, 4) is 0 Å². The molecule has 0 unspecified atom stereocenters. The fourth-order valence-corrected chi connectivity index (χ4v) is 5.60. The molecule has 3 rings (SSSR count). The van der Waals surface area contributed by atoms with Gasteiger partial charge in [-0.2, -0.15) is 4.31 Å². The van der Waals surface area contributed by atoms with Gasteiger partial charge in [-0.05, 0) is 37.8 Å². The number of sulfonamides is 1. The number of benzene rings is 1. The fraction of sp³-hybridized carbons (Fsp3) is 0.632. The molecule has 6 nitrogen and oxygen atoms in total. The Hall–Kier alpha value is -1.44. The minimum Gasteiger partial charge on any atom is -0.323 e. The van der Waals surface area contributed by atoms with Crippen molar-refractivity contribution in [2.24, 2.45) is 5.92 Å². The highest BCUT2D eigenvalue weighted by molar-refractivity contribution is 7.89. The quantitative estimate of drug-likeness (QED) is 0.850. The Morgan fingerprint density at radius 2 is 1.81 bits per heavy atom. The maximum atomic E-state index is 12.8. The van der Waals surface area contributed by atoms with E-state index in [1.807, 2.05) is 17.9 Å². The first-order valence-electron chi connectivity index (χ1n) is 9.50. The minimum atomic E-state index is -3.48. The first kappa shape index (κ1) is 19.3. The van der Waals surface area contributed by atoms with Crippen LogP contribution >= 0.6 is 0 Å². The molecule has 1 aromatic carbocycles. The molecule has 26 heavy (non-hydrogen) atoms. The Balaban J connectivity index is 1.78. The molecule has 1 aromatic rings. The van der Waals surface area contributed by atoms with Crippen LogP contribution in [0.5, 0.6) is 0 Å². The maximum Gasteiger partial charge on any atom is 0.243 e. The summed E-state index contributed by atoms with van der Waals surface area (Å²) in [4.78, 5) is 15.1. The van der Waals surface area contributed by atoms with Crippen molar-refractivity contribution in [1.82, 2.24) is 14.5 Å². The van der Waals surface area contributed by atoms with Crippen LogP contribution in [0.1, 0.15) is 40.0 Å². The van der Waals surface area contributed by atoms with Gasteiger partial charge in [0.25, 0.3) is 0 Å². The molecule has 0 aliphatic carbocycles. The monoisotopic (exact) mass is 379 g/mol. The molecule has 2 aliphatic rings. The summed E-state index contributed by atoms with van der Waals surface area (Å²) in [6, 6.07) is 8.39. The SMILES string of the molecule is CC[C@@H](C)[C@@H]1NC2(CCN(S(=O)(=O)c3ccccc3)CC2)N(CC)C1=O. The van der Waals surface area contributed by atoms with Gasteiger partial charge in [-0.15, -0.1) is 0 Å². The number of carbonyl (C=O) groups is 1. The van der Waals surface area contributed by atoms with Crippen molar-refractivity contribution >= 4 is 15.9 Å². The molecule has 1 amide bonds. The van der Waals surface area contributed by atoms with Crippen LogP contribution in [0, 0.1) is 5.92 Å². The van der Waals surface area contributed by atoms with E-state index in [1.165, 1.54) is 0 Å². The van der Waals surface area contributed by atoms with E-state index >= 15 is 0 Å². The minimum absolute atomic E-state index is 0.154. The van der Waals surface area contributed by atoms with Crippen LogP contribution in [0.15, 0.2) is 35.2 Å². The van der Waals surface area contributed by atoms with Gasteiger partial charge in [0.2, 0.25) is 15.9 Å². The molecule has 7 heteroatoms. The highest BCUT2D eigenvalue weighted by Gasteiger charge is 2.52. The van der Waals surface area contributed by atoms with E-state index in [1.54, 1.807) is 28.6 Å². The van der Waals surface area contributed by atoms with Crippen LogP contribution < -0.4 is 5.32 Å². The molecule has 2 atom stereocenters. The average molecular weight is 380 g/mol. The number of carbonyl (C=O) groups excluding carboxylic acids is 1. The first-order valence-corrected chi connectivity index (χ1v) is 10.9. The van der Waals surface area contributed by atoms with E-state index in [9.17, 15) is 13.2 Å². The fourth-order valence-electron chi connectivity index (χ4n) is 4.14. The Bertz CT molecular complexity index is 743. The molecule has 2 aliphatic heterocycles. The van der Waals surface area contributed by atoms with Crippen LogP contribution in [0.4, 0.5) is 0 Å². The number of hydrogen-bond acceptors (Lipinski definition) is 4. The predicted molar refractivity (Wildman–Crippen MR) is 101 cm³/mol. The molecule has 2 fully saturated rings. The highest BCUT2D eigenvalue weighted by atomic mass is 32.2. The number of nitrogens with zero attached hydrogens (tertiary/aromatic N) is 2. The van der Waals surface area contributed by atoms with Gasteiger partial charge < -0.3 is 4.90 Å². The summed E-state index contributed by atoms with van der Waals surface area (Å²) < 4.78 is 27.2. The summed E-state index contributed by atoms with van der Waals surface area (Å²) in [6.45, 7) is 7.66. The third-order valence-electron chi connectivity index (χ3n) is 5.93. The second kappa shape index (κ2) is 7.29. The molecule has 2 heterocycles. The zero-order chi connectivity index (χ0) is 18.9. The second-order valence-electron chi connectivity index (χ2n) is 7.34. The standard InChI is InChI=1S/C19H29N3O3S/c1-4-15(3)17-18(23)22(5-2)19(20-17)11-13-21(14-12-19)26(24,25)16-9-7-6-8-10-16/h6-10,15,17,20H,4-5,11-14H2,1-3H3/t15-,17+/m1/s1. The molecular weight excluding hydrogens is 350 g/mol. The predicted octanol–water partition coefficient (Wildman–Crippen LogP) is 2.03. The van der Waals surface area contributed by atoms with Gasteiger partial charge in [0.1, 0.15) is 0 Å². The van der Waals surface area contributed by atoms with E-state index < -0.39 is 15.7 Å². The molecule has 0 radical (unpaired) electrons. The van der Waals surface area contributed by atoms with Crippen molar-refractivity contribution in [2.75, 3.05) is 19.6 Å². The Labute approximate surface area is 156 Å². The van der Waals surface area contributed by atoms with Gasteiger partial charge in [0.05, 0.1) is 16.6 Å². The molecule has 0 aromatic heterocycles. The van der Waals surface area contributed by atoms with Crippen LogP contribution in [-0.4, -0.2) is 54.9 Å². The van der Waals surface area contributed by atoms with Crippen molar-refractivity contribution < 1.29 is 13.2 Å². The number of nitrogens with one attached hydrogen (secondary N) is 1. The highest BCUT2D eigenvalue weighted by Crippen LogP contribution is 2.36. The van der Waals surface area contributed by atoms with Gasteiger partial charge in [-0.1, -0.05) is 38.5 Å². The number of amides is 1. The van der Waals surface area contributed by atoms with Crippen LogP contribution in [0.2, 0.25) is 0 Å². The molecule has 2 saturated heterocycles. The molecule has 0 bridgehead atoms. The number of likely N-dealkylation sites (N-methyl/N-ethyl adjacent to an activating group) is 1. The molecule has 1 spiro atoms. The lowest BCUT2D eigenvalue weighted by Crippen LogP contribution is -2.59. The van der Waals surface area contributed by atoms with Gasteiger partial charge in [-0.3, -0.25) is 10.1 Å². The summed E-state index contributed by atoms with van der Waals surface area (Å²) in [6.07, 6.45) is 2.17. The summed E-state index contributed by atoms with van der Waals surface area (Å²) in [5.74, 6) is 0.420. The lowest BCUT2D eigenvalue weighted by Gasteiger charge is -2.44. The molecule has 0 saturated carbocycles. The third-order valence-corrected chi connectivity index (χ3v) is 7.85. The summed E-state index contributed by atoms with van der Waals surface area (Å²) in [5, 5.41) is 3.57. The smallest absolute Gasteiger partial charge is 0.243 e. The van der Waals surface area contributed by atoms with Crippen molar-refractivity contribution in [3.05, 3.63) is 30.3 Å². The van der Waals surface area contributed by atoms with Crippen LogP contribution in [-0.2, 0) is 14.8 Å². The second-order valence-corrected chi connectivity index (χ2v) is 9.28. The topological polar surface area (TPSA) is 69.7 Å². The van der Waals surface area contributed by atoms with E-state index in [-0.39, 0.29) is 17.9 Å². The summed E-state index contributed by atoms with van der Waals surface area (Å²) in [7, 11) is -3.48. The largest absolute Gasteiger partial charge is 0.323 e. The average Bonchev–Trinajstić information content (AvgIpc) is 2.93. The van der Waals surface area contributed by atoms with E-state index in [4.69, 9.17) is 0 Å². The van der Waals surface area contributed by atoms with Crippen LogP contribution in [0.25, 0.3) is 0 Å². The molecular formula is C19H29N3O3S. The number of hydrogen-bond donors (Lipinski definition) is 1. The van der Waals surface area contributed by atoms with Crippen molar-refractivity contribution in [3.63, 3.8) is 0 Å². The van der Waals surface area contributed by atoms with E-state index in [0.717, 1.165) is 6.42 Å². The molecule has 1 N–H and O–H groups in total. The third kappa shape index (κ3) is 3.17. The number of piperidine rings is 1. The zero-order valence-electron chi connectivity index (χ0n) is 15.8. The van der Waals surface area contributed by atoms with Gasteiger partial charge in [0, 0.05) is 19.6 Å². The van der Waals surface area contributed by atoms with Gasteiger partial charge in [0.15, 0.2) is 0 Å². The zero-order valence-corrected chi connectivity index (χ0v) is 16.6. The Morgan fingerprint density at radius 1 is 1.19 bits per heavy atom. The summed E-state index contributed by atoms with van der Waals surface area (Å²) >= 11 is 0. The van der Waals surface area contributed by atoms with Crippen molar-refractivity contribution in [1.29, 1.82) is 0 Å². The summed E-state index contributed by atoms with van der Waals surface area (Å²) in [5.41, 5.74) is -0.414. The number of rotatable bonds is 5. The lowest BCUT2D eigenvalue weighted by atomic mass is 9.96. The Kier molecular flexibility index (Phi) is 5.42. The van der Waals surface area contributed by atoms with Crippen molar-refractivity contribution in [2.45, 2.75) is 56.6 Å². The van der Waals surface area contributed by atoms with E-state index in [0.29, 0.717) is 37.4 Å². The first-order chi connectivity index (χ1) is 12.4. The maximum absolute atomic E-state index is 12.8. The van der Waals surface area contributed by atoms with Gasteiger partial charge in [-0.25, -0.2) is 8.42 Å². The van der Waals surface area contributed by atoms with Gasteiger partial charge >= 0.3 is 0 Å². The van der Waals surface area contributed by atoms with Crippen LogP contribution in [0.3, 0.4) is 0 Å². The lowest BCUT2D eigenvalue weighted by molar-refractivity contribution is -0.133.